The first-order valence-electron chi connectivity index (χ1n) is 9.27. The number of fused-ring (bicyclic) bond motifs is 1. The highest BCUT2D eigenvalue weighted by Gasteiger charge is 2.27. The van der Waals surface area contributed by atoms with Crippen molar-refractivity contribution in [3.8, 4) is 11.3 Å². The topological polar surface area (TPSA) is 80.5 Å². The van der Waals surface area contributed by atoms with Gasteiger partial charge in [0, 0.05) is 18.7 Å². The molecule has 1 aliphatic rings. The highest BCUT2D eigenvalue weighted by Crippen LogP contribution is 2.27. The Bertz CT molecular complexity index is 1080. The van der Waals surface area contributed by atoms with E-state index >= 15 is 0 Å². The van der Waals surface area contributed by atoms with Crippen molar-refractivity contribution in [2.45, 2.75) is 44.4 Å². The van der Waals surface area contributed by atoms with Crippen LogP contribution < -0.4 is 0 Å². The van der Waals surface area contributed by atoms with Crippen LogP contribution in [0.3, 0.4) is 0 Å². The second-order valence-electron chi connectivity index (χ2n) is 7.03. The Kier molecular flexibility index (Phi) is 4.69. The first-order chi connectivity index (χ1) is 13.0. The van der Waals surface area contributed by atoms with Crippen LogP contribution in [0.2, 0.25) is 0 Å². The molecule has 0 aliphatic carbocycles. The number of rotatable bonds is 3. The molecule has 142 valence electrons. The van der Waals surface area contributed by atoms with E-state index in [1.165, 1.54) is 0 Å². The highest BCUT2D eigenvalue weighted by molar-refractivity contribution is 7.89. The smallest absolute Gasteiger partial charge is 0.207 e. The Morgan fingerprint density at radius 2 is 1.67 bits per heavy atom. The Balaban J connectivity index is 1.77. The lowest BCUT2D eigenvalue weighted by molar-refractivity contribution is 0.423. The van der Waals surface area contributed by atoms with Crippen molar-refractivity contribution in [3.63, 3.8) is 0 Å². The van der Waals surface area contributed by atoms with E-state index in [0.717, 1.165) is 36.8 Å². The van der Waals surface area contributed by atoms with Crippen molar-refractivity contribution in [3.05, 3.63) is 41.7 Å². The normalized spacial score (nSPS) is 16.5. The van der Waals surface area contributed by atoms with E-state index in [-0.39, 0.29) is 0 Å². The largest absolute Gasteiger partial charge is 0.243 e. The summed E-state index contributed by atoms with van der Waals surface area (Å²) in [6.45, 7) is 4.86. The molecule has 0 amide bonds. The van der Waals surface area contributed by atoms with Gasteiger partial charge in [-0.2, -0.15) is 13.9 Å². The van der Waals surface area contributed by atoms with Crippen LogP contribution in [0.1, 0.15) is 37.1 Å². The van der Waals surface area contributed by atoms with Gasteiger partial charge in [0.05, 0.1) is 10.6 Å². The van der Waals surface area contributed by atoms with E-state index < -0.39 is 10.0 Å². The van der Waals surface area contributed by atoms with Gasteiger partial charge in [0.1, 0.15) is 0 Å². The standard InChI is InChI=1S/C19H23N5O2S/c1-14-7-8-16(17-9-10-19-21-20-15(2)24(19)22-17)13-18(14)27(25,26)23-11-5-3-4-6-12-23/h7-10,13H,3-6,11-12H2,1-2H3. The molecule has 1 fully saturated rings. The lowest BCUT2D eigenvalue weighted by Crippen LogP contribution is -2.32. The van der Waals surface area contributed by atoms with Gasteiger partial charge < -0.3 is 0 Å². The average molecular weight is 385 g/mol. The molecule has 1 aliphatic heterocycles. The third kappa shape index (κ3) is 3.35. The maximum absolute atomic E-state index is 13.2. The zero-order valence-corrected chi connectivity index (χ0v) is 16.4. The van der Waals surface area contributed by atoms with Gasteiger partial charge >= 0.3 is 0 Å². The van der Waals surface area contributed by atoms with Crippen LogP contribution in [-0.2, 0) is 10.0 Å². The first kappa shape index (κ1) is 18.1. The summed E-state index contributed by atoms with van der Waals surface area (Å²) in [6, 6.07) is 9.18. The second-order valence-corrected chi connectivity index (χ2v) is 8.94. The Hall–Kier alpha value is -2.32. The maximum Gasteiger partial charge on any atom is 0.243 e. The van der Waals surface area contributed by atoms with Gasteiger partial charge in [-0.15, -0.1) is 10.2 Å². The molecule has 0 bridgehead atoms. The molecule has 1 aromatic carbocycles. The van der Waals surface area contributed by atoms with Gasteiger partial charge in [-0.25, -0.2) is 8.42 Å². The summed E-state index contributed by atoms with van der Waals surface area (Å²) in [5.41, 5.74) is 2.88. The van der Waals surface area contributed by atoms with Gasteiger partial charge in [-0.05, 0) is 50.5 Å². The maximum atomic E-state index is 13.2. The number of nitrogens with zero attached hydrogens (tertiary/aromatic N) is 5. The quantitative estimate of drug-likeness (QED) is 0.692. The SMILES string of the molecule is Cc1ccc(-c2ccc3nnc(C)n3n2)cc1S(=O)(=O)N1CCCCCC1. The Labute approximate surface area is 159 Å². The minimum atomic E-state index is -3.51. The molecule has 8 heteroatoms. The molecular formula is C19H23N5O2S. The van der Waals surface area contributed by atoms with Crippen molar-refractivity contribution in [2.75, 3.05) is 13.1 Å². The molecule has 3 aromatic rings. The summed E-state index contributed by atoms with van der Waals surface area (Å²) in [6.07, 6.45) is 4.02. The van der Waals surface area contributed by atoms with Gasteiger partial charge in [-0.3, -0.25) is 0 Å². The summed E-state index contributed by atoms with van der Waals surface area (Å²) < 4.78 is 29.8. The minimum absolute atomic E-state index is 0.365. The summed E-state index contributed by atoms with van der Waals surface area (Å²) in [7, 11) is -3.51. The van der Waals surface area contributed by atoms with Crippen molar-refractivity contribution < 1.29 is 8.42 Å². The zero-order chi connectivity index (χ0) is 19.0. The molecule has 3 heterocycles. The summed E-state index contributed by atoms with van der Waals surface area (Å²) in [4.78, 5) is 0.365. The van der Waals surface area contributed by atoms with Crippen LogP contribution in [0.25, 0.3) is 16.9 Å². The second kappa shape index (κ2) is 7.01. The van der Waals surface area contributed by atoms with Crippen molar-refractivity contribution in [1.82, 2.24) is 24.1 Å². The molecule has 7 nitrogen and oxygen atoms in total. The molecule has 1 saturated heterocycles. The molecule has 0 saturated carbocycles. The zero-order valence-electron chi connectivity index (χ0n) is 15.6. The van der Waals surface area contributed by atoms with Crippen LogP contribution in [0.4, 0.5) is 0 Å². The fourth-order valence-corrected chi connectivity index (χ4v) is 5.28. The van der Waals surface area contributed by atoms with Crippen molar-refractivity contribution >= 4 is 15.7 Å². The number of aryl methyl sites for hydroxylation is 2. The molecule has 0 spiro atoms. The fourth-order valence-electron chi connectivity index (χ4n) is 3.51. The predicted molar refractivity (Wildman–Crippen MR) is 103 cm³/mol. The first-order valence-corrected chi connectivity index (χ1v) is 10.7. The molecule has 0 radical (unpaired) electrons. The lowest BCUT2D eigenvalue weighted by Gasteiger charge is -2.21. The minimum Gasteiger partial charge on any atom is -0.207 e. The van der Waals surface area contributed by atoms with E-state index in [2.05, 4.69) is 15.3 Å². The van der Waals surface area contributed by atoms with Crippen molar-refractivity contribution in [1.29, 1.82) is 0 Å². The van der Waals surface area contributed by atoms with Gasteiger partial charge in [0.25, 0.3) is 0 Å². The number of benzene rings is 1. The number of aromatic nitrogens is 4. The number of hydrogen-bond acceptors (Lipinski definition) is 5. The van der Waals surface area contributed by atoms with Crippen LogP contribution in [-0.4, -0.2) is 45.6 Å². The molecular weight excluding hydrogens is 362 g/mol. The van der Waals surface area contributed by atoms with Crippen LogP contribution in [0.5, 0.6) is 0 Å². The molecule has 0 unspecified atom stereocenters. The molecule has 0 N–H and O–H groups in total. The monoisotopic (exact) mass is 385 g/mol. The average Bonchev–Trinajstić information content (AvgIpc) is 2.87. The fraction of sp³-hybridized carbons (Fsp3) is 0.421. The summed E-state index contributed by atoms with van der Waals surface area (Å²) in [5.74, 6) is 0.691. The van der Waals surface area contributed by atoms with E-state index in [1.807, 2.05) is 38.1 Å². The van der Waals surface area contributed by atoms with E-state index in [9.17, 15) is 8.42 Å². The van der Waals surface area contributed by atoms with E-state index in [0.29, 0.717) is 35.2 Å². The van der Waals surface area contributed by atoms with Crippen LogP contribution >= 0.6 is 0 Å². The third-order valence-corrected chi connectivity index (χ3v) is 7.13. The summed E-state index contributed by atoms with van der Waals surface area (Å²) >= 11 is 0. The molecule has 0 atom stereocenters. The number of sulfonamides is 1. The number of hydrogen-bond donors (Lipinski definition) is 0. The van der Waals surface area contributed by atoms with Gasteiger partial charge in [0.2, 0.25) is 10.0 Å². The highest BCUT2D eigenvalue weighted by atomic mass is 32.2. The Morgan fingerprint density at radius 3 is 2.41 bits per heavy atom. The van der Waals surface area contributed by atoms with Gasteiger partial charge in [0.15, 0.2) is 11.5 Å². The molecule has 4 rings (SSSR count). The van der Waals surface area contributed by atoms with Crippen LogP contribution in [0, 0.1) is 13.8 Å². The van der Waals surface area contributed by atoms with Crippen LogP contribution in [0.15, 0.2) is 35.2 Å². The lowest BCUT2D eigenvalue weighted by atomic mass is 10.1. The van der Waals surface area contributed by atoms with E-state index in [1.54, 1.807) is 14.9 Å². The summed E-state index contributed by atoms with van der Waals surface area (Å²) in [5, 5.41) is 12.6. The third-order valence-electron chi connectivity index (χ3n) is 5.09. The predicted octanol–water partition coefficient (Wildman–Crippen LogP) is 2.97. The van der Waals surface area contributed by atoms with E-state index in [4.69, 9.17) is 0 Å². The van der Waals surface area contributed by atoms with Gasteiger partial charge in [-0.1, -0.05) is 25.0 Å². The Morgan fingerprint density at radius 1 is 0.926 bits per heavy atom. The molecule has 27 heavy (non-hydrogen) atoms. The van der Waals surface area contributed by atoms with Crippen molar-refractivity contribution in [2.24, 2.45) is 0 Å². The molecule has 2 aromatic heterocycles.